The lowest BCUT2D eigenvalue weighted by molar-refractivity contribution is -0.124. The smallest absolute Gasteiger partial charge is 0.237 e. The number of nitrogens with one attached hydrogen (secondary N) is 1. The number of para-hydroxylation sites is 1. The largest absolute Gasteiger partial charge is 0.374 e. The molecule has 0 bridgehead atoms. The van der Waals surface area contributed by atoms with E-state index in [1.54, 1.807) is 0 Å². The van der Waals surface area contributed by atoms with E-state index in [0.29, 0.717) is 0 Å². The lowest BCUT2D eigenvalue weighted by Crippen LogP contribution is -2.53. The third-order valence-corrected chi connectivity index (χ3v) is 4.06. The fraction of sp³-hybridized carbons (Fsp3) is 0.588. The van der Waals surface area contributed by atoms with Crippen LogP contribution in [-0.2, 0) is 4.79 Å². The Bertz CT molecular complexity index is 461. The maximum atomic E-state index is 11.6. The summed E-state index contributed by atoms with van der Waals surface area (Å²) < 4.78 is 0. The molecule has 4 nitrogen and oxygen atoms in total. The van der Waals surface area contributed by atoms with Crippen LogP contribution in [0, 0.1) is 6.92 Å². The highest BCUT2D eigenvalue weighted by molar-refractivity contribution is 5.84. The van der Waals surface area contributed by atoms with Crippen molar-refractivity contribution < 1.29 is 4.79 Å². The van der Waals surface area contributed by atoms with E-state index in [2.05, 4.69) is 48.5 Å². The van der Waals surface area contributed by atoms with Crippen molar-refractivity contribution in [1.29, 1.82) is 0 Å². The Morgan fingerprint density at radius 2 is 2.00 bits per heavy atom. The fourth-order valence-corrected chi connectivity index (χ4v) is 2.63. The lowest BCUT2D eigenvalue weighted by atomic mass is 9.94. The number of carbonyl (C=O) groups excluding carboxylic acids is 1. The van der Waals surface area contributed by atoms with Crippen LogP contribution in [0.4, 0.5) is 5.69 Å². The zero-order valence-corrected chi connectivity index (χ0v) is 13.8. The van der Waals surface area contributed by atoms with Gasteiger partial charge in [0.25, 0.3) is 0 Å². The third-order valence-electron chi connectivity index (χ3n) is 4.06. The molecule has 1 unspecified atom stereocenters. The van der Waals surface area contributed by atoms with Crippen LogP contribution in [0.15, 0.2) is 24.3 Å². The van der Waals surface area contributed by atoms with Crippen molar-refractivity contribution in [3.8, 4) is 0 Å². The van der Waals surface area contributed by atoms with E-state index in [1.165, 1.54) is 11.3 Å². The van der Waals surface area contributed by atoms with Gasteiger partial charge in [0.1, 0.15) is 0 Å². The van der Waals surface area contributed by atoms with Crippen molar-refractivity contribution in [1.82, 2.24) is 5.32 Å². The summed E-state index contributed by atoms with van der Waals surface area (Å²) in [7, 11) is 2.11. The highest BCUT2D eigenvalue weighted by Crippen LogP contribution is 2.19. The third kappa shape index (κ3) is 5.05. The van der Waals surface area contributed by atoms with Gasteiger partial charge in [0.05, 0.1) is 5.54 Å². The van der Waals surface area contributed by atoms with Gasteiger partial charge in [0.15, 0.2) is 0 Å². The van der Waals surface area contributed by atoms with Gasteiger partial charge in [-0.3, -0.25) is 4.79 Å². The summed E-state index contributed by atoms with van der Waals surface area (Å²) in [6.07, 6.45) is 2.79. The second-order valence-electron chi connectivity index (χ2n) is 5.89. The van der Waals surface area contributed by atoms with Crippen LogP contribution in [0.3, 0.4) is 0 Å². The van der Waals surface area contributed by atoms with Gasteiger partial charge in [-0.2, -0.15) is 0 Å². The zero-order chi connectivity index (χ0) is 15.9. The highest BCUT2D eigenvalue weighted by atomic mass is 16.1. The number of nitrogens with zero attached hydrogens (tertiary/aromatic N) is 1. The molecule has 0 spiro atoms. The van der Waals surface area contributed by atoms with Crippen molar-refractivity contribution in [2.24, 2.45) is 5.73 Å². The van der Waals surface area contributed by atoms with Gasteiger partial charge in [-0.25, -0.2) is 0 Å². The Kier molecular flexibility index (Phi) is 6.69. The SMILES string of the molecule is CCNC(C)(CCCCN(C)c1ccccc1C)C(N)=O. The first-order chi connectivity index (χ1) is 9.90. The number of rotatable bonds is 9. The Morgan fingerprint density at radius 3 is 2.57 bits per heavy atom. The molecule has 0 fully saturated rings. The molecular weight excluding hydrogens is 262 g/mol. The topological polar surface area (TPSA) is 58.4 Å². The molecule has 0 aliphatic carbocycles. The second-order valence-corrected chi connectivity index (χ2v) is 5.89. The molecule has 1 rings (SSSR count). The molecule has 1 aromatic rings. The normalized spacial score (nSPS) is 13.7. The Labute approximate surface area is 128 Å². The Morgan fingerprint density at radius 1 is 1.33 bits per heavy atom. The first-order valence-corrected chi connectivity index (χ1v) is 7.72. The number of nitrogens with two attached hydrogens (primary N) is 1. The number of primary amides is 1. The van der Waals surface area contributed by atoms with Gasteiger partial charge in [-0.15, -0.1) is 0 Å². The first-order valence-electron chi connectivity index (χ1n) is 7.72. The number of likely N-dealkylation sites (N-methyl/N-ethyl adjacent to an activating group) is 1. The molecule has 0 aliphatic heterocycles. The van der Waals surface area contributed by atoms with Crippen LogP contribution >= 0.6 is 0 Å². The average molecular weight is 291 g/mol. The number of carbonyl (C=O) groups is 1. The van der Waals surface area contributed by atoms with E-state index in [-0.39, 0.29) is 5.91 Å². The number of aryl methyl sites for hydroxylation is 1. The monoisotopic (exact) mass is 291 g/mol. The van der Waals surface area contributed by atoms with E-state index in [1.807, 2.05) is 13.8 Å². The number of amides is 1. The highest BCUT2D eigenvalue weighted by Gasteiger charge is 2.28. The van der Waals surface area contributed by atoms with E-state index < -0.39 is 5.54 Å². The molecule has 0 radical (unpaired) electrons. The average Bonchev–Trinajstić information content (AvgIpc) is 2.44. The summed E-state index contributed by atoms with van der Waals surface area (Å²) in [6, 6.07) is 8.39. The molecular formula is C17H29N3O. The minimum absolute atomic E-state index is 0.267. The van der Waals surface area contributed by atoms with Crippen LogP contribution in [0.25, 0.3) is 0 Å². The molecule has 3 N–H and O–H groups in total. The van der Waals surface area contributed by atoms with Crippen molar-refractivity contribution in [3.05, 3.63) is 29.8 Å². The molecule has 0 aromatic heterocycles. The van der Waals surface area contributed by atoms with Gasteiger partial charge in [-0.1, -0.05) is 25.1 Å². The fourth-order valence-electron chi connectivity index (χ4n) is 2.63. The van der Waals surface area contributed by atoms with Gasteiger partial charge in [-0.05, 0) is 51.3 Å². The molecule has 0 aliphatic rings. The van der Waals surface area contributed by atoms with Crippen molar-refractivity contribution in [2.45, 2.75) is 45.6 Å². The maximum absolute atomic E-state index is 11.6. The van der Waals surface area contributed by atoms with E-state index >= 15 is 0 Å². The van der Waals surface area contributed by atoms with Gasteiger partial charge < -0.3 is 16.0 Å². The standard InChI is InChI=1S/C17H29N3O/c1-5-19-17(3,16(18)21)12-8-9-13-20(4)15-11-7-6-10-14(15)2/h6-7,10-11,19H,5,8-9,12-13H2,1-4H3,(H2,18,21). The molecule has 0 saturated carbocycles. The Hall–Kier alpha value is -1.55. The predicted octanol–water partition coefficient (Wildman–Crippen LogP) is 2.46. The molecule has 1 atom stereocenters. The zero-order valence-electron chi connectivity index (χ0n) is 13.8. The first kappa shape index (κ1) is 17.5. The van der Waals surface area contributed by atoms with Crippen LogP contribution in [0.5, 0.6) is 0 Å². The van der Waals surface area contributed by atoms with Crippen molar-refractivity contribution in [2.75, 3.05) is 25.0 Å². The molecule has 0 saturated heterocycles. The summed E-state index contributed by atoms with van der Waals surface area (Å²) in [5.74, 6) is -0.267. The number of hydrogen-bond donors (Lipinski definition) is 2. The van der Waals surface area contributed by atoms with Crippen molar-refractivity contribution in [3.63, 3.8) is 0 Å². The van der Waals surface area contributed by atoms with Gasteiger partial charge in [0.2, 0.25) is 5.91 Å². The summed E-state index contributed by atoms with van der Waals surface area (Å²) in [4.78, 5) is 13.8. The molecule has 0 heterocycles. The van der Waals surface area contributed by atoms with Crippen LogP contribution in [0.2, 0.25) is 0 Å². The number of benzene rings is 1. The summed E-state index contributed by atoms with van der Waals surface area (Å²) in [5.41, 5.74) is 7.46. The lowest BCUT2D eigenvalue weighted by Gasteiger charge is -2.27. The van der Waals surface area contributed by atoms with Gasteiger partial charge >= 0.3 is 0 Å². The number of unbranched alkanes of at least 4 members (excludes halogenated alkanes) is 1. The minimum Gasteiger partial charge on any atom is -0.374 e. The quantitative estimate of drug-likeness (QED) is 0.687. The van der Waals surface area contributed by atoms with Crippen LogP contribution in [0.1, 0.15) is 38.7 Å². The molecule has 1 aromatic carbocycles. The van der Waals surface area contributed by atoms with Crippen LogP contribution < -0.4 is 16.0 Å². The molecule has 118 valence electrons. The van der Waals surface area contributed by atoms with Crippen LogP contribution in [-0.4, -0.2) is 31.6 Å². The minimum atomic E-state index is -0.587. The van der Waals surface area contributed by atoms with E-state index in [4.69, 9.17) is 5.73 Å². The molecule has 21 heavy (non-hydrogen) atoms. The number of anilines is 1. The van der Waals surface area contributed by atoms with Crippen molar-refractivity contribution >= 4 is 11.6 Å². The second kappa shape index (κ2) is 8.03. The Balaban J connectivity index is 2.43. The predicted molar refractivity (Wildman–Crippen MR) is 89.6 cm³/mol. The maximum Gasteiger partial charge on any atom is 0.237 e. The summed E-state index contributed by atoms with van der Waals surface area (Å²) in [6.45, 7) is 7.74. The summed E-state index contributed by atoms with van der Waals surface area (Å²) in [5, 5.41) is 3.20. The van der Waals surface area contributed by atoms with E-state index in [0.717, 1.165) is 32.4 Å². The molecule has 1 amide bonds. The summed E-state index contributed by atoms with van der Waals surface area (Å²) >= 11 is 0. The van der Waals surface area contributed by atoms with E-state index in [9.17, 15) is 4.79 Å². The molecule has 4 heteroatoms. The number of hydrogen-bond acceptors (Lipinski definition) is 3. The van der Waals surface area contributed by atoms with Gasteiger partial charge in [0, 0.05) is 19.3 Å².